The summed E-state index contributed by atoms with van der Waals surface area (Å²) in [5, 5.41) is 4.98. The van der Waals surface area contributed by atoms with E-state index in [-0.39, 0.29) is 0 Å². The zero-order valence-corrected chi connectivity index (χ0v) is 13.5. The summed E-state index contributed by atoms with van der Waals surface area (Å²) in [7, 11) is 0. The molecule has 0 saturated carbocycles. The molecule has 0 bridgehead atoms. The van der Waals surface area contributed by atoms with Crippen molar-refractivity contribution < 1.29 is 0 Å². The van der Waals surface area contributed by atoms with Gasteiger partial charge in [0.25, 0.3) is 0 Å². The minimum Gasteiger partial charge on any atom is -0.368 e. The Hall–Kier alpha value is -0.380. The maximum Gasteiger partial charge on any atom is 0.0642 e. The molecule has 1 N–H and O–H groups in total. The van der Waals surface area contributed by atoms with Crippen LogP contribution in [0.4, 0.5) is 5.69 Å². The van der Waals surface area contributed by atoms with E-state index in [9.17, 15) is 0 Å². The monoisotopic (exact) mass is 298 g/mol. The summed E-state index contributed by atoms with van der Waals surface area (Å²) in [4.78, 5) is 2.41. The van der Waals surface area contributed by atoms with Crippen molar-refractivity contribution in [2.75, 3.05) is 30.3 Å². The van der Waals surface area contributed by atoms with E-state index in [1.54, 1.807) is 0 Å². The minimum atomic E-state index is 0.354. The highest BCUT2D eigenvalue weighted by atomic mass is 35.5. The van der Waals surface area contributed by atoms with Crippen LogP contribution in [0.3, 0.4) is 0 Å². The third-order valence-corrected chi connectivity index (χ3v) is 5.00. The molecule has 0 radical (unpaired) electrons. The van der Waals surface area contributed by atoms with E-state index < -0.39 is 0 Å². The molecular formula is C15H23ClN2S. The van der Waals surface area contributed by atoms with Crippen molar-refractivity contribution in [2.24, 2.45) is 0 Å². The van der Waals surface area contributed by atoms with Crippen LogP contribution in [-0.2, 0) is 0 Å². The molecule has 0 aliphatic carbocycles. The number of hydrogen-bond acceptors (Lipinski definition) is 3. The molecule has 106 valence electrons. The maximum atomic E-state index is 6.48. The standard InChI is InChI=1S/C15H23ClN2S/c1-4-17-12(3)13-5-6-15(14(16)9-13)18-7-8-19-11(2)10-18/h5-6,9,11-12,17H,4,7-8,10H2,1-3H3. The highest BCUT2D eigenvalue weighted by Gasteiger charge is 2.19. The van der Waals surface area contributed by atoms with Crippen LogP contribution in [0.5, 0.6) is 0 Å². The van der Waals surface area contributed by atoms with Gasteiger partial charge in [0, 0.05) is 30.1 Å². The van der Waals surface area contributed by atoms with E-state index in [1.165, 1.54) is 17.0 Å². The lowest BCUT2D eigenvalue weighted by molar-refractivity contribution is 0.598. The SMILES string of the molecule is CCNC(C)c1ccc(N2CCSC(C)C2)c(Cl)c1. The summed E-state index contributed by atoms with van der Waals surface area (Å²) >= 11 is 8.52. The van der Waals surface area contributed by atoms with Gasteiger partial charge in [-0.3, -0.25) is 0 Å². The van der Waals surface area contributed by atoms with Crippen LogP contribution in [0.2, 0.25) is 5.02 Å². The Bertz CT molecular complexity index is 425. The van der Waals surface area contributed by atoms with Gasteiger partial charge in [0.1, 0.15) is 0 Å². The average molecular weight is 299 g/mol. The number of nitrogens with one attached hydrogen (secondary N) is 1. The van der Waals surface area contributed by atoms with Gasteiger partial charge in [0.15, 0.2) is 0 Å². The van der Waals surface area contributed by atoms with Gasteiger partial charge in [-0.25, -0.2) is 0 Å². The van der Waals surface area contributed by atoms with Gasteiger partial charge < -0.3 is 10.2 Å². The third kappa shape index (κ3) is 3.80. The second-order valence-electron chi connectivity index (χ2n) is 5.12. The van der Waals surface area contributed by atoms with Crippen molar-refractivity contribution in [2.45, 2.75) is 32.1 Å². The summed E-state index contributed by atoms with van der Waals surface area (Å²) in [5.74, 6) is 1.19. The molecule has 2 rings (SSSR count). The van der Waals surface area contributed by atoms with Crippen molar-refractivity contribution in [3.63, 3.8) is 0 Å². The van der Waals surface area contributed by atoms with Gasteiger partial charge in [0.05, 0.1) is 10.7 Å². The smallest absolute Gasteiger partial charge is 0.0642 e. The summed E-state index contributed by atoms with van der Waals surface area (Å²) in [6.07, 6.45) is 0. The van der Waals surface area contributed by atoms with Crippen molar-refractivity contribution >= 4 is 29.1 Å². The molecule has 0 aromatic heterocycles. The fraction of sp³-hybridized carbons (Fsp3) is 0.600. The van der Waals surface area contributed by atoms with Gasteiger partial charge in [-0.15, -0.1) is 0 Å². The number of thioether (sulfide) groups is 1. The minimum absolute atomic E-state index is 0.354. The van der Waals surface area contributed by atoms with Crippen molar-refractivity contribution in [1.29, 1.82) is 0 Å². The zero-order chi connectivity index (χ0) is 13.8. The lowest BCUT2D eigenvalue weighted by Crippen LogP contribution is -2.36. The van der Waals surface area contributed by atoms with Crippen LogP contribution < -0.4 is 10.2 Å². The number of benzene rings is 1. The molecule has 2 atom stereocenters. The van der Waals surface area contributed by atoms with E-state index in [4.69, 9.17) is 11.6 Å². The first kappa shape index (κ1) is 15.0. The topological polar surface area (TPSA) is 15.3 Å². The van der Waals surface area contributed by atoms with Crippen LogP contribution in [0.1, 0.15) is 32.4 Å². The second-order valence-corrected chi connectivity index (χ2v) is 7.07. The number of rotatable bonds is 4. The van der Waals surface area contributed by atoms with E-state index >= 15 is 0 Å². The molecule has 0 spiro atoms. The van der Waals surface area contributed by atoms with E-state index in [1.807, 2.05) is 11.8 Å². The summed E-state index contributed by atoms with van der Waals surface area (Å²) in [6.45, 7) is 9.74. The third-order valence-electron chi connectivity index (χ3n) is 3.56. The van der Waals surface area contributed by atoms with Gasteiger partial charge in [0.2, 0.25) is 0 Å². The number of anilines is 1. The first-order valence-electron chi connectivity index (χ1n) is 7.01. The Balaban J connectivity index is 2.14. The number of nitrogens with zero attached hydrogens (tertiary/aromatic N) is 1. The molecule has 1 aliphatic heterocycles. The van der Waals surface area contributed by atoms with Gasteiger partial charge in [-0.2, -0.15) is 11.8 Å². The first-order chi connectivity index (χ1) is 9.11. The van der Waals surface area contributed by atoms with Crippen LogP contribution in [0.15, 0.2) is 18.2 Å². The molecule has 1 saturated heterocycles. The maximum absolute atomic E-state index is 6.48. The van der Waals surface area contributed by atoms with Crippen LogP contribution in [0.25, 0.3) is 0 Å². The summed E-state index contributed by atoms with van der Waals surface area (Å²) < 4.78 is 0. The van der Waals surface area contributed by atoms with Gasteiger partial charge in [-0.05, 0) is 31.2 Å². The molecule has 1 heterocycles. The molecule has 1 fully saturated rings. The Labute approximate surface area is 125 Å². The molecule has 19 heavy (non-hydrogen) atoms. The van der Waals surface area contributed by atoms with Crippen molar-refractivity contribution in [3.8, 4) is 0 Å². The normalized spacial score (nSPS) is 21.5. The molecule has 1 aliphatic rings. The molecule has 4 heteroatoms. The molecular weight excluding hydrogens is 276 g/mol. The molecule has 1 aromatic carbocycles. The lowest BCUT2D eigenvalue weighted by atomic mass is 10.1. The van der Waals surface area contributed by atoms with Crippen LogP contribution in [0, 0.1) is 0 Å². The van der Waals surface area contributed by atoms with Crippen LogP contribution >= 0.6 is 23.4 Å². The van der Waals surface area contributed by atoms with E-state index in [2.05, 4.69) is 49.2 Å². The van der Waals surface area contributed by atoms with Crippen LogP contribution in [-0.4, -0.2) is 30.6 Å². The molecule has 0 amide bonds. The van der Waals surface area contributed by atoms with Gasteiger partial charge in [-0.1, -0.05) is 31.5 Å². The first-order valence-corrected chi connectivity index (χ1v) is 8.44. The highest BCUT2D eigenvalue weighted by molar-refractivity contribution is 8.00. The van der Waals surface area contributed by atoms with Crippen molar-refractivity contribution in [3.05, 3.63) is 28.8 Å². The fourth-order valence-corrected chi connectivity index (χ4v) is 3.83. The lowest BCUT2D eigenvalue weighted by Gasteiger charge is -2.33. The number of halogens is 1. The Morgan fingerprint density at radius 2 is 2.32 bits per heavy atom. The summed E-state index contributed by atoms with van der Waals surface area (Å²) in [5.41, 5.74) is 2.44. The quantitative estimate of drug-likeness (QED) is 0.906. The summed E-state index contributed by atoms with van der Waals surface area (Å²) in [6, 6.07) is 6.83. The predicted octanol–water partition coefficient (Wildman–Crippen LogP) is 3.95. The molecule has 2 unspecified atom stereocenters. The fourth-order valence-electron chi connectivity index (χ4n) is 2.51. The van der Waals surface area contributed by atoms with Crippen molar-refractivity contribution in [1.82, 2.24) is 5.32 Å². The predicted molar refractivity (Wildman–Crippen MR) is 87.7 cm³/mol. The zero-order valence-electron chi connectivity index (χ0n) is 11.9. The van der Waals surface area contributed by atoms with E-state index in [0.29, 0.717) is 11.3 Å². The Morgan fingerprint density at radius 1 is 1.53 bits per heavy atom. The van der Waals surface area contributed by atoms with E-state index in [0.717, 1.165) is 24.7 Å². The Morgan fingerprint density at radius 3 is 2.95 bits per heavy atom. The average Bonchev–Trinajstić information content (AvgIpc) is 2.38. The number of hydrogen-bond donors (Lipinski definition) is 1. The van der Waals surface area contributed by atoms with Gasteiger partial charge >= 0.3 is 0 Å². The highest BCUT2D eigenvalue weighted by Crippen LogP contribution is 2.32. The Kier molecular flexibility index (Phi) is 5.43. The molecule has 1 aromatic rings. The largest absolute Gasteiger partial charge is 0.368 e. The molecule has 2 nitrogen and oxygen atoms in total. The second kappa shape index (κ2) is 6.87.